The lowest BCUT2D eigenvalue weighted by Gasteiger charge is -2.26. The van der Waals surface area contributed by atoms with E-state index >= 15 is 0 Å². The Morgan fingerprint density at radius 2 is 1.90 bits per heavy atom. The third-order valence-electron chi connectivity index (χ3n) is 4.83. The van der Waals surface area contributed by atoms with Gasteiger partial charge in [0, 0.05) is 37.6 Å². The molecule has 1 fully saturated rings. The summed E-state index contributed by atoms with van der Waals surface area (Å²) in [4.78, 5) is 14.3. The molecule has 4 rings (SSSR count). The lowest BCUT2D eigenvalue weighted by molar-refractivity contribution is -0.117. The molecule has 0 saturated carbocycles. The molecule has 0 spiro atoms. The summed E-state index contributed by atoms with van der Waals surface area (Å²) in [6.07, 6.45) is 3.55. The zero-order chi connectivity index (χ0) is 20.2. The molecular weight excluding hydrogens is 376 g/mol. The molecule has 0 bridgehead atoms. The van der Waals surface area contributed by atoms with E-state index in [1.54, 1.807) is 30.4 Å². The zero-order valence-corrected chi connectivity index (χ0v) is 15.7. The van der Waals surface area contributed by atoms with Gasteiger partial charge in [-0.2, -0.15) is 5.10 Å². The van der Waals surface area contributed by atoms with Gasteiger partial charge in [-0.1, -0.05) is 18.2 Å². The molecule has 8 heteroatoms. The van der Waals surface area contributed by atoms with Crippen molar-refractivity contribution in [2.75, 3.05) is 38.0 Å². The van der Waals surface area contributed by atoms with E-state index < -0.39 is 5.82 Å². The van der Waals surface area contributed by atoms with Crippen molar-refractivity contribution in [3.8, 4) is 0 Å². The molecule has 6 nitrogen and oxygen atoms in total. The second-order valence-electron chi connectivity index (χ2n) is 6.95. The number of aromatic amines is 1. The second-order valence-corrected chi connectivity index (χ2v) is 6.95. The van der Waals surface area contributed by atoms with E-state index in [2.05, 4.69) is 20.8 Å². The quantitative estimate of drug-likeness (QED) is 0.619. The number of anilines is 1. The number of hydrogen-bond donors (Lipinski definition) is 3. The minimum Gasteiger partial charge on any atom is -0.322 e. The summed E-state index contributed by atoms with van der Waals surface area (Å²) in [5.41, 5.74) is 2.06. The molecule has 1 aliphatic heterocycles. The van der Waals surface area contributed by atoms with Crippen molar-refractivity contribution in [2.24, 2.45) is 0 Å². The van der Waals surface area contributed by atoms with Gasteiger partial charge in [-0.3, -0.25) is 14.8 Å². The maximum atomic E-state index is 14.4. The number of aromatic nitrogens is 2. The minimum atomic E-state index is -0.524. The third kappa shape index (κ3) is 4.67. The first-order chi connectivity index (χ1) is 14.1. The molecule has 29 heavy (non-hydrogen) atoms. The van der Waals surface area contributed by atoms with E-state index in [1.807, 2.05) is 4.90 Å². The number of halogens is 2. The van der Waals surface area contributed by atoms with Crippen LogP contribution in [0.25, 0.3) is 23.1 Å². The van der Waals surface area contributed by atoms with Crippen molar-refractivity contribution in [1.82, 2.24) is 20.4 Å². The summed E-state index contributed by atoms with van der Waals surface area (Å²) in [5, 5.41) is 13.6. The number of carbonyl (C=O) groups is 1. The van der Waals surface area contributed by atoms with Gasteiger partial charge in [0.05, 0.1) is 23.4 Å². The Morgan fingerprint density at radius 3 is 2.66 bits per heavy atom. The third-order valence-corrected chi connectivity index (χ3v) is 4.83. The summed E-state index contributed by atoms with van der Waals surface area (Å²) in [6, 6.07) is 8.96. The van der Waals surface area contributed by atoms with Gasteiger partial charge < -0.3 is 10.6 Å². The maximum absolute atomic E-state index is 14.4. The zero-order valence-electron chi connectivity index (χ0n) is 15.7. The van der Waals surface area contributed by atoms with E-state index in [0.29, 0.717) is 16.6 Å². The highest BCUT2D eigenvalue weighted by Gasteiger charge is 2.16. The summed E-state index contributed by atoms with van der Waals surface area (Å²) >= 11 is 0. The largest absolute Gasteiger partial charge is 0.322 e. The monoisotopic (exact) mass is 397 g/mol. The molecule has 0 aliphatic carbocycles. The number of benzene rings is 2. The van der Waals surface area contributed by atoms with E-state index in [4.69, 9.17) is 0 Å². The molecule has 1 saturated heterocycles. The Morgan fingerprint density at radius 1 is 1.14 bits per heavy atom. The molecule has 3 aromatic rings. The number of rotatable bonds is 5. The SMILES string of the molecule is O=C(CN1CCNCC1)Nc1cc2c(/C=C/c3ccc(F)cc3)n[nH]c2cc1F. The first-order valence-corrected chi connectivity index (χ1v) is 9.43. The van der Waals surface area contributed by atoms with Crippen LogP contribution >= 0.6 is 0 Å². The Bertz CT molecular complexity index is 1040. The van der Waals surface area contributed by atoms with Gasteiger partial charge in [0.2, 0.25) is 5.91 Å². The number of hydrogen-bond acceptors (Lipinski definition) is 4. The van der Waals surface area contributed by atoms with Crippen LogP contribution in [0.1, 0.15) is 11.3 Å². The molecule has 150 valence electrons. The molecular formula is C21H21F2N5O. The van der Waals surface area contributed by atoms with Crippen molar-refractivity contribution in [3.05, 3.63) is 59.3 Å². The van der Waals surface area contributed by atoms with Crippen LogP contribution in [0.2, 0.25) is 0 Å². The molecule has 1 aromatic heterocycles. The first-order valence-electron chi connectivity index (χ1n) is 9.43. The van der Waals surface area contributed by atoms with Gasteiger partial charge in [0.15, 0.2) is 0 Å². The highest BCUT2D eigenvalue weighted by atomic mass is 19.1. The van der Waals surface area contributed by atoms with Gasteiger partial charge in [0.25, 0.3) is 0 Å². The maximum Gasteiger partial charge on any atom is 0.238 e. The summed E-state index contributed by atoms with van der Waals surface area (Å²) in [5.74, 6) is -1.08. The molecule has 0 unspecified atom stereocenters. The molecule has 1 aliphatic rings. The predicted octanol–water partition coefficient (Wildman–Crippen LogP) is 2.86. The number of piperazine rings is 1. The highest BCUT2D eigenvalue weighted by Crippen LogP contribution is 2.25. The normalized spacial score (nSPS) is 15.2. The lowest BCUT2D eigenvalue weighted by Crippen LogP contribution is -2.46. The van der Waals surface area contributed by atoms with E-state index in [1.165, 1.54) is 18.2 Å². The van der Waals surface area contributed by atoms with Crippen LogP contribution in [0.15, 0.2) is 36.4 Å². The number of nitrogens with one attached hydrogen (secondary N) is 3. The van der Waals surface area contributed by atoms with Crippen LogP contribution in [0.4, 0.5) is 14.5 Å². The van der Waals surface area contributed by atoms with Crippen molar-refractivity contribution < 1.29 is 13.6 Å². The van der Waals surface area contributed by atoms with Crippen LogP contribution in [-0.2, 0) is 4.79 Å². The Hall–Kier alpha value is -3.10. The summed E-state index contributed by atoms with van der Waals surface area (Å²) in [7, 11) is 0. The molecule has 2 aromatic carbocycles. The van der Waals surface area contributed by atoms with Crippen LogP contribution < -0.4 is 10.6 Å². The van der Waals surface area contributed by atoms with E-state index in [0.717, 1.165) is 31.7 Å². The number of H-pyrrole nitrogens is 1. The van der Waals surface area contributed by atoms with Crippen molar-refractivity contribution in [1.29, 1.82) is 0 Å². The topological polar surface area (TPSA) is 73.1 Å². The second kappa shape index (κ2) is 8.50. The first kappa shape index (κ1) is 19.2. The summed E-state index contributed by atoms with van der Waals surface area (Å²) < 4.78 is 27.4. The number of carbonyl (C=O) groups excluding carboxylic acids is 1. The smallest absolute Gasteiger partial charge is 0.238 e. The summed E-state index contributed by atoms with van der Waals surface area (Å²) in [6.45, 7) is 3.48. The average molecular weight is 397 g/mol. The molecule has 3 N–H and O–H groups in total. The van der Waals surface area contributed by atoms with E-state index in [9.17, 15) is 13.6 Å². The fraction of sp³-hybridized carbons (Fsp3) is 0.238. The van der Waals surface area contributed by atoms with Crippen LogP contribution in [0, 0.1) is 11.6 Å². The predicted molar refractivity (Wildman–Crippen MR) is 109 cm³/mol. The number of nitrogens with zero attached hydrogens (tertiary/aromatic N) is 2. The van der Waals surface area contributed by atoms with Crippen molar-refractivity contribution in [2.45, 2.75) is 0 Å². The lowest BCUT2D eigenvalue weighted by atomic mass is 10.1. The Kier molecular flexibility index (Phi) is 5.64. The average Bonchev–Trinajstić information content (AvgIpc) is 3.10. The van der Waals surface area contributed by atoms with Crippen LogP contribution in [0.5, 0.6) is 0 Å². The number of fused-ring (bicyclic) bond motifs is 1. The van der Waals surface area contributed by atoms with Gasteiger partial charge in [0.1, 0.15) is 11.6 Å². The molecule has 1 amide bonds. The van der Waals surface area contributed by atoms with Crippen LogP contribution in [-0.4, -0.2) is 53.7 Å². The Balaban J connectivity index is 1.52. The molecule has 0 atom stereocenters. The molecule has 2 heterocycles. The van der Waals surface area contributed by atoms with Gasteiger partial charge in [-0.05, 0) is 29.8 Å². The van der Waals surface area contributed by atoms with Crippen molar-refractivity contribution in [3.63, 3.8) is 0 Å². The van der Waals surface area contributed by atoms with Gasteiger partial charge in [-0.25, -0.2) is 8.78 Å². The fourth-order valence-electron chi connectivity index (χ4n) is 3.29. The van der Waals surface area contributed by atoms with Gasteiger partial charge in [-0.15, -0.1) is 0 Å². The fourth-order valence-corrected chi connectivity index (χ4v) is 3.29. The standard InChI is InChI=1S/C21H21F2N5O/c22-15-4-1-14(2-5-15)3-6-18-16-11-20(17(23)12-19(16)27-26-18)25-21(29)13-28-9-7-24-8-10-28/h1-6,11-12,24H,7-10,13H2,(H,25,29)(H,26,27)/b6-3+. The van der Waals surface area contributed by atoms with Crippen molar-refractivity contribution >= 4 is 34.6 Å². The van der Waals surface area contributed by atoms with E-state index in [-0.39, 0.29) is 24.0 Å². The molecule has 0 radical (unpaired) electrons. The Labute approximate surface area is 166 Å². The minimum absolute atomic E-state index is 0.121. The van der Waals surface area contributed by atoms with Gasteiger partial charge >= 0.3 is 0 Å². The number of amides is 1. The van der Waals surface area contributed by atoms with Crippen LogP contribution in [0.3, 0.4) is 0 Å². The highest BCUT2D eigenvalue weighted by molar-refractivity contribution is 5.97.